The third-order valence-electron chi connectivity index (χ3n) is 5.00. The van der Waals surface area contributed by atoms with Gasteiger partial charge in [-0.1, -0.05) is 17.7 Å². The Hall–Kier alpha value is -0.910. The first-order chi connectivity index (χ1) is 9.88. The van der Waals surface area contributed by atoms with Crippen molar-refractivity contribution in [2.75, 3.05) is 13.1 Å². The molecule has 3 atom stereocenters. The SMILES string of the molecule is Cc1ccc(S(=O)(=O)N2C[C@H]3CCC(N)C[C@H]3C2)c(C)c1. The van der Waals surface area contributed by atoms with Gasteiger partial charge in [0.25, 0.3) is 0 Å². The van der Waals surface area contributed by atoms with E-state index in [9.17, 15) is 8.42 Å². The molecule has 0 amide bonds. The van der Waals surface area contributed by atoms with E-state index in [0.717, 1.165) is 30.4 Å². The third-order valence-corrected chi connectivity index (χ3v) is 7.00. The topological polar surface area (TPSA) is 63.4 Å². The molecule has 1 aromatic rings. The standard InChI is InChI=1S/C16H24N2O2S/c1-11-3-6-16(12(2)7-11)21(19,20)18-9-13-4-5-15(17)8-14(13)10-18/h3,6-7,13-15H,4-5,8-10,17H2,1-2H3/t13-,14+,15?/m1/s1. The molecule has 1 heterocycles. The smallest absolute Gasteiger partial charge is 0.243 e. The Bertz CT molecular complexity index is 642. The number of hydrogen-bond donors (Lipinski definition) is 1. The van der Waals surface area contributed by atoms with Gasteiger partial charge in [-0.2, -0.15) is 4.31 Å². The molecule has 0 radical (unpaired) electrons. The Morgan fingerprint density at radius 2 is 1.86 bits per heavy atom. The summed E-state index contributed by atoms with van der Waals surface area (Å²) in [6.45, 7) is 5.15. The molecule has 1 saturated heterocycles. The Kier molecular flexibility index (Phi) is 3.84. The average molecular weight is 308 g/mol. The zero-order valence-electron chi connectivity index (χ0n) is 12.7. The summed E-state index contributed by atoms with van der Waals surface area (Å²) < 4.78 is 27.5. The molecule has 21 heavy (non-hydrogen) atoms. The van der Waals surface area contributed by atoms with E-state index < -0.39 is 10.0 Å². The Balaban J connectivity index is 1.86. The van der Waals surface area contributed by atoms with Crippen molar-refractivity contribution in [2.24, 2.45) is 17.6 Å². The lowest BCUT2D eigenvalue weighted by Crippen LogP contribution is -2.32. The summed E-state index contributed by atoms with van der Waals surface area (Å²) in [4.78, 5) is 0.455. The fourth-order valence-corrected chi connectivity index (χ4v) is 5.61. The minimum absolute atomic E-state index is 0.245. The average Bonchev–Trinajstić information content (AvgIpc) is 2.81. The number of fused-ring (bicyclic) bond motifs is 1. The molecule has 0 bridgehead atoms. The van der Waals surface area contributed by atoms with Crippen LogP contribution in [-0.2, 0) is 10.0 Å². The number of sulfonamides is 1. The van der Waals surface area contributed by atoms with Crippen LogP contribution in [-0.4, -0.2) is 31.9 Å². The molecule has 4 nitrogen and oxygen atoms in total. The molecule has 2 fully saturated rings. The lowest BCUT2D eigenvalue weighted by Gasteiger charge is -2.28. The van der Waals surface area contributed by atoms with Crippen molar-refractivity contribution in [3.05, 3.63) is 29.3 Å². The summed E-state index contributed by atoms with van der Waals surface area (Å²) in [5, 5.41) is 0. The van der Waals surface area contributed by atoms with E-state index >= 15 is 0 Å². The number of aryl methyl sites for hydroxylation is 2. The second-order valence-corrected chi connectivity index (χ2v) is 8.59. The molecule has 1 saturated carbocycles. The molecule has 116 valence electrons. The van der Waals surface area contributed by atoms with Crippen LogP contribution in [0.1, 0.15) is 30.4 Å². The van der Waals surface area contributed by atoms with Crippen molar-refractivity contribution >= 4 is 10.0 Å². The lowest BCUT2D eigenvalue weighted by atomic mass is 9.79. The largest absolute Gasteiger partial charge is 0.328 e. The van der Waals surface area contributed by atoms with Gasteiger partial charge in [0, 0.05) is 19.1 Å². The highest BCUT2D eigenvalue weighted by molar-refractivity contribution is 7.89. The number of hydrogen-bond acceptors (Lipinski definition) is 3. The molecule has 3 rings (SSSR count). The molecule has 2 aliphatic rings. The molecule has 2 N–H and O–H groups in total. The maximum atomic E-state index is 12.9. The Morgan fingerprint density at radius 1 is 1.14 bits per heavy atom. The predicted molar refractivity (Wildman–Crippen MR) is 83.5 cm³/mol. The fraction of sp³-hybridized carbons (Fsp3) is 0.625. The summed E-state index contributed by atoms with van der Waals surface area (Å²) in [7, 11) is -3.37. The van der Waals surface area contributed by atoms with Crippen LogP contribution in [0.4, 0.5) is 0 Å². The summed E-state index contributed by atoms with van der Waals surface area (Å²) in [6.07, 6.45) is 3.05. The van der Waals surface area contributed by atoms with Crippen molar-refractivity contribution in [3.63, 3.8) is 0 Å². The van der Waals surface area contributed by atoms with Crippen LogP contribution in [0.5, 0.6) is 0 Å². The molecule has 5 heteroatoms. The van der Waals surface area contributed by atoms with Crippen molar-refractivity contribution in [3.8, 4) is 0 Å². The van der Waals surface area contributed by atoms with Crippen molar-refractivity contribution in [1.82, 2.24) is 4.31 Å². The van der Waals surface area contributed by atoms with Crippen molar-refractivity contribution in [2.45, 2.75) is 44.0 Å². The number of rotatable bonds is 2. The molecule has 1 aliphatic carbocycles. The van der Waals surface area contributed by atoms with E-state index in [2.05, 4.69) is 0 Å². The van der Waals surface area contributed by atoms with Crippen LogP contribution in [0.25, 0.3) is 0 Å². The van der Waals surface area contributed by atoms with Crippen LogP contribution in [0.15, 0.2) is 23.1 Å². The molecule has 0 aromatic heterocycles. The van der Waals surface area contributed by atoms with E-state index in [1.807, 2.05) is 26.0 Å². The fourth-order valence-electron chi connectivity index (χ4n) is 3.85. The van der Waals surface area contributed by atoms with Crippen LogP contribution in [0, 0.1) is 25.7 Å². The molecule has 1 unspecified atom stereocenters. The molecule has 1 aliphatic heterocycles. The maximum Gasteiger partial charge on any atom is 0.243 e. The Morgan fingerprint density at radius 3 is 2.57 bits per heavy atom. The molecular formula is C16H24N2O2S. The monoisotopic (exact) mass is 308 g/mol. The van der Waals surface area contributed by atoms with E-state index in [-0.39, 0.29) is 6.04 Å². The van der Waals surface area contributed by atoms with Gasteiger partial charge >= 0.3 is 0 Å². The van der Waals surface area contributed by atoms with Gasteiger partial charge in [-0.15, -0.1) is 0 Å². The van der Waals surface area contributed by atoms with E-state index in [4.69, 9.17) is 5.73 Å². The van der Waals surface area contributed by atoms with Crippen molar-refractivity contribution in [1.29, 1.82) is 0 Å². The summed E-state index contributed by atoms with van der Waals surface area (Å²) in [6, 6.07) is 5.80. The van der Waals surface area contributed by atoms with Gasteiger partial charge in [0.2, 0.25) is 10.0 Å². The Labute approximate surface area is 127 Å². The first kappa shape index (κ1) is 15.0. The maximum absolute atomic E-state index is 12.9. The van der Waals surface area contributed by atoms with Crippen LogP contribution >= 0.6 is 0 Å². The van der Waals surface area contributed by atoms with Gasteiger partial charge < -0.3 is 5.73 Å². The summed E-state index contributed by atoms with van der Waals surface area (Å²) in [5.41, 5.74) is 7.95. The highest BCUT2D eigenvalue weighted by Gasteiger charge is 2.41. The van der Waals surface area contributed by atoms with E-state index in [1.54, 1.807) is 10.4 Å². The third kappa shape index (κ3) is 2.74. The number of nitrogens with two attached hydrogens (primary N) is 1. The zero-order chi connectivity index (χ0) is 15.2. The van der Waals surface area contributed by atoms with Crippen LogP contribution in [0.2, 0.25) is 0 Å². The second kappa shape index (κ2) is 5.38. The first-order valence-corrected chi connectivity index (χ1v) is 9.15. The van der Waals surface area contributed by atoms with Gasteiger partial charge in [-0.05, 0) is 56.6 Å². The summed E-state index contributed by atoms with van der Waals surface area (Å²) >= 11 is 0. The van der Waals surface area contributed by atoms with Gasteiger partial charge in [0.05, 0.1) is 4.90 Å². The van der Waals surface area contributed by atoms with Crippen molar-refractivity contribution < 1.29 is 8.42 Å². The highest BCUT2D eigenvalue weighted by Crippen LogP contribution is 2.38. The minimum atomic E-state index is -3.37. The zero-order valence-corrected chi connectivity index (χ0v) is 13.6. The summed E-state index contributed by atoms with van der Waals surface area (Å²) in [5.74, 6) is 0.930. The second-order valence-electron chi connectivity index (χ2n) is 6.68. The van der Waals surface area contributed by atoms with Crippen LogP contribution < -0.4 is 5.73 Å². The predicted octanol–water partition coefficient (Wildman–Crippen LogP) is 2.05. The normalized spacial score (nSPS) is 30.3. The lowest BCUT2D eigenvalue weighted by molar-refractivity contribution is 0.271. The minimum Gasteiger partial charge on any atom is -0.328 e. The first-order valence-electron chi connectivity index (χ1n) is 7.71. The van der Waals surface area contributed by atoms with Crippen LogP contribution in [0.3, 0.4) is 0 Å². The number of benzene rings is 1. The molecular weight excluding hydrogens is 284 g/mol. The van der Waals surface area contributed by atoms with Gasteiger partial charge in [0.15, 0.2) is 0 Å². The van der Waals surface area contributed by atoms with Gasteiger partial charge in [-0.25, -0.2) is 8.42 Å². The highest BCUT2D eigenvalue weighted by atomic mass is 32.2. The number of nitrogens with zero attached hydrogens (tertiary/aromatic N) is 1. The quantitative estimate of drug-likeness (QED) is 0.909. The molecule has 1 aromatic carbocycles. The van der Waals surface area contributed by atoms with E-state index in [1.165, 1.54) is 0 Å². The molecule has 0 spiro atoms. The van der Waals surface area contributed by atoms with E-state index in [0.29, 0.717) is 29.8 Å². The van der Waals surface area contributed by atoms with Gasteiger partial charge in [-0.3, -0.25) is 0 Å². The van der Waals surface area contributed by atoms with Gasteiger partial charge in [0.1, 0.15) is 0 Å².